The second-order valence-corrected chi connectivity index (χ2v) is 7.70. The fourth-order valence-corrected chi connectivity index (χ4v) is 3.41. The highest BCUT2D eigenvalue weighted by Gasteiger charge is 2.26. The van der Waals surface area contributed by atoms with Crippen LogP contribution < -0.4 is 19.6 Å². The number of esters is 1. The molecule has 156 valence electrons. The zero-order chi connectivity index (χ0) is 21.6. The molecule has 0 bridgehead atoms. The molecule has 3 aromatic carbocycles. The van der Waals surface area contributed by atoms with Crippen molar-refractivity contribution >= 4 is 40.7 Å². The summed E-state index contributed by atoms with van der Waals surface area (Å²) in [7, 11) is 0. The molecule has 0 saturated carbocycles. The molecule has 1 aliphatic rings. The van der Waals surface area contributed by atoms with Gasteiger partial charge in [0, 0.05) is 3.57 Å². The van der Waals surface area contributed by atoms with E-state index in [2.05, 4.69) is 33.1 Å². The lowest BCUT2D eigenvalue weighted by atomic mass is 10.2. The molecule has 0 aromatic heterocycles. The van der Waals surface area contributed by atoms with Gasteiger partial charge in [-0.25, -0.2) is 10.2 Å². The van der Waals surface area contributed by atoms with Crippen molar-refractivity contribution in [1.29, 1.82) is 0 Å². The molecular formula is C23H17IN2O5. The Hall–Kier alpha value is -3.40. The van der Waals surface area contributed by atoms with E-state index < -0.39 is 18.0 Å². The van der Waals surface area contributed by atoms with Crippen molar-refractivity contribution < 1.29 is 23.8 Å². The second-order valence-electron chi connectivity index (χ2n) is 6.54. The predicted molar refractivity (Wildman–Crippen MR) is 123 cm³/mol. The normalized spacial score (nSPS) is 14.8. The van der Waals surface area contributed by atoms with Crippen molar-refractivity contribution in [2.24, 2.45) is 5.10 Å². The van der Waals surface area contributed by atoms with E-state index in [1.54, 1.807) is 48.5 Å². The number of rotatable bonds is 5. The molecule has 0 radical (unpaired) electrons. The lowest BCUT2D eigenvalue weighted by Crippen LogP contribution is -2.42. The van der Waals surface area contributed by atoms with E-state index >= 15 is 0 Å². The molecule has 4 rings (SSSR count). The van der Waals surface area contributed by atoms with Crippen LogP contribution in [0, 0.1) is 3.57 Å². The Bertz CT molecular complexity index is 1130. The van der Waals surface area contributed by atoms with Crippen LogP contribution in [0.1, 0.15) is 15.9 Å². The van der Waals surface area contributed by atoms with Crippen LogP contribution in [-0.2, 0) is 4.79 Å². The Labute approximate surface area is 192 Å². The Morgan fingerprint density at radius 3 is 2.48 bits per heavy atom. The number of nitrogens with zero attached hydrogens (tertiary/aromatic N) is 1. The maximum absolute atomic E-state index is 12.3. The van der Waals surface area contributed by atoms with E-state index in [0.29, 0.717) is 22.8 Å². The summed E-state index contributed by atoms with van der Waals surface area (Å²) in [6.45, 7) is 0.110. The van der Waals surface area contributed by atoms with E-state index in [1.165, 1.54) is 6.21 Å². The lowest BCUT2D eigenvalue weighted by molar-refractivity contribution is -0.130. The molecule has 0 aliphatic carbocycles. The number of nitrogens with one attached hydrogen (secondary N) is 1. The summed E-state index contributed by atoms with van der Waals surface area (Å²) in [5.74, 6) is 0.715. The van der Waals surface area contributed by atoms with Crippen molar-refractivity contribution in [3.8, 4) is 17.2 Å². The van der Waals surface area contributed by atoms with Gasteiger partial charge in [0.25, 0.3) is 5.91 Å². The molecule has 1 aliphatic heterocycles. The molecule has 1 heterocycles. The number of amides is 1. The van der Waals surface area contributed by atoms with Crippen molar-refractivity contribution in [1.82, 2.24) is 5.43 Å². The van der Waals surface area contributed by atoms with Gasteiger partial charge >= 0.3 is 5.97 Å². The SMILES string of the molecule is O=C(Oc1ccc(/C=N\NC(=O)[C@@H]2COc3ccccc3O2)cc1)c1ccccc1I. The summed E-state index contributed by atoms with van der Waals surface area (Å²) in [6, 6.07) is 21.1. The minimum Gasteiger partial charge on any atom is -0.485 e. The molecule has 1 N–H and O–H groups in total. The van der Waals surface area contributed by atoms with Gasteiger partial charge in [0.15, 0.2) is 11.5 Å². The molecule has 3 aromatic rings. The van der Waals surface area contributed by atoms with Crippen LogP contribution in [0.15, 0.2) is 77.9 Å². The molecule has 8 heteroatoms. The molecule has 1 amide bonds. The predicted octanol–water partition coefficient (Wildman–Crippen LogP) is 3.80. The fraction of sp³-hybridized carbons (Fsp3) is 0.0870. The summed E-state index contributed by atoms with van der Waals surface area (Å²) in [6.07, 6.45) is 0.705. The largest absolute Gasteiger partial charge is 0.485 e. The van der Waals surface area contributed by atoms with Gasteiger partial charge in [-0.05, 0) is 76.7 Å². The number of carbonyl (C=O) groups is 2. The number of fused-ring (bicyclic) bond motifs is 1. The zero-order valence-corrected chi connectivity index (χ0v) is 18.3. The smallest absolute Gasteiger partial charge is 0.344 e. The summed E-state index contributed by atoms with van der Waals surface area (Å²) < 4.78 is 17.4. The van der Waals surface area contributed by atoms with E-state index in [1.807, 2.05) is 24.3 Å². The lowest BCUT2D eigenvalue weighted by Gasteiger charge is -2.24. The number of hydrazone groups is 1. The van der Waals surface area contributed by atoms with Gasteiger partial charge in [0.2, 0.25) is 6.10 Å². The summed E-state index contributed by atoms with van der Waals surface area (Å²) in [5.41, 5.74) is 3.68. The van der Waals surface area contributed by atoms with Crippen LogP contribution in [0.5, 0.6) is 17.2 Å². The third kappa shape index (κ3) is 5.21. The van der Waals surface area contributed by atoms with Crippen molar-refractivity contribution in [3.63, 3.8) is 0 Å². The van der Waals surface area contributed by atoms with Crippen LogP contribution >= 0.6 is 22.6 Å². The fourth-order valence-electron chi connectivity index (χ4n) is 2.80. The third-order valence-corrected chi connectivity index (χ3v) is 5.31. The summed E-state index contributed by atoms with van der Waals surface area (Å²) in [4.78, 5) is 24.5. The van der Waals surface area contributed by atoms with Crippen LogP contribution in [-0.4, -0.2) is 30.8 Å². The first kappa shape index (κ1) is 20.9. The van der Waals surface area contributed by atoms with E-state index in [4.69, 9.17) is 14.2 Å². The topological polar surface area (TPSA) is 86.2 Å². The zero-order valence-electron chi connectivity index (χ0n) is 16.2. The van der Waals surface area contributed by atoms with E-state index in [-0.39, 0.29) is 6.61 Å². The first-order chi connectivity index (χ1) is 15.1. The van der Waals surface area contributed by atoms with Gasteiger partial charge in [-0.2, -0.15) is 5.10 Å². The number of hydrogen-bond acceptors (Lipinski definition) is 6. The van der Waals surface area contributed by atoms with Crippen LogP contribution in [0.25, 0.3) is 0 Å². The second kappa shape index (κ2) is 9.61. The molecule has 0 saturated heterocycles. The number of benzene rings is 3. The van der Waals surface area contributed by atoms with Crippen LogP contribution in [0.2, 0.25) is 0 Å². The highest BCUT2D eigenvalue weighted by atomic mass is 127. The van der Waals surface area contributed by atoms with Gasteiger partial charge in [-0.1, -0.05) is 24.3 Å². The van der Waals surface area contributed by atoms with Crippen molar-refractivity contribution in [2.45, 2.75) is 6.10 Å². The Morgan fingerprint density at radius 2 is 1.71 bits per heavy atom. The quantitative estimate of drug-likeness (QED) is 0.179. The maximum atomic E-state index is 12.3. The van der Waals surface area contributed by atoms with E-state index in [9.17, 15) is 9.59 Å². The number of para-hydroxylation sites is 2. The number of hydrogen-bond donors (Lipinski definition) is 1. The third-order valence-electron chi connectivity index (χ3n) is 4.37. The molecule has 0 spiro atoms. The van der Waals surface area contributed by atoms with Crippen LogP contribution in [0.3, 0.4) is 0 Å². The van der Waals surface area contributed by atoms with Gasteiger partial charge in [-0.3, -0.25) is 4.79 Å². The van der Waals surface area contributed by atoms with Crippen molar-refractivity contribution in [2.75, 3.05) is 6.61 Å². The minimum absolute atomic E-state index is 0.110. The number of ether oxygens (including phenoxy) is 3. The standard InChI is InChI=1S/C23H17IN2O5/c24-18-6-2-1-5-17(18)23(28)30-16-11-9-15(10-12-16)13-25-26-22(27)21-14-29-19-7-3-4-8-20(19)31-21/h1-13,21H,14H2,(H,26,27)/b25-13-/t21-/m0/s1. The molecule has 0 unspecified atom stereocenters. The van der Waals surface area contributed by atoms with E-state index in [0.717, 1.165) is 9.13 Å². The number of carbonyl (C=O) groups excluding carboxylic acids is 2. The first-order valence-electron chi connectivity index (χ1n) is 9.38. The van der Waals surface area contributed by atoms with Gasteiger partial charge in [0.05, 0.1) is 11.8 Å². The van der Waals surface area contributed by atoms with Gasteiger partial charge in [0.1, 0.15) is 12.4 Å². The number of halogens is 1. The molecule has 31 heavy (non-hydrogen) atoms. The summed E-state index contributed by atoms with van der Waals surface area (Å²) >= 11 is 2.09. The minimum atomic E-state index is -0.783. The monoisotopic (exact) mass is 528 g/mol. The highest BCUT2D eigenvalue weighted by molar-refractivity contribution is 14.1. The van der Waals surface area contributed by atoms with Gasteiger partial charge < -0.3 is 14.2 Å². The maximum Gasteiger partial charge on any atom is 0.344 e. The Kier molecular flexibility index (Phi) is 6.46. The molecule has 7 nitrogen and oxygen atoms in total. The summed E-state index contributed by atoms with van der Waals surface area (Å²) in [5, 5.41) is 3.95. The molecular weight excluding hydrogens is 511 g/mol. The van der Waals surface area contributed by atoms with Gasteiger partial charge in [-0.15, -0.1) is 0 Å². The average molecular weight is 528 g/mol. The average Bonchev–Trinajstić information content (AvgIpc) is 2.80. The Balaban J connectivity index is 1.30. The first-order valence-corrected chi connectivity index (χ1v) is 10.5. The molecule has 1 atom stereocenters. The van der Waals surface area contributed by atoms with Crippen molar-refractivity contribution in [3.05, 3.63) is 87.5 Å². The van der Waals surface area contributed by atoms with Crippen LogP contribution in [0.4, 0.5) is 0 Å². The highest BCUT2D eigenvalue weighted by Crippen LogP contribution is 2.30. The Morgan fingerprint density at radius 1 is 1.00 bits per heavy atom. The molecule has 0 fully saturated rings.